The Labute approximate surface area is 174 Å². The van der Waals surface area contributed by atoms with Crippen LogP contribution in [0.5, 0.6) is 0 Å². The van der Waals surface area contributed by atoms with Gasteiger partial charge in [-0.05, 0) is 29.7 Å². The van der Waals surface area contributed by atoms with Crippen LogP contribution in [0.3, 0.4) is 0 Å². The van der Waals surface area contributed by atoms with Gasteiger partial charge in [0, 0.05) is 30.9 Å². The van der Waals surface area contributed by atoms with Gasteiger partial charge in [-0.3, -0.25) is 9.48 Å². The van der Waals surface area contributed by atoms with Gasteiger partial charge in [0.15, 0.2) is 5.69 Å². The van der Waals surface area contributed by atoms with E-state index in [1.54, 1.807) is 22.2 Å². The lowest BCUT2D eigenvalue weighted by Crippen LogP contribution is -2.30. The fraction of sp³-hybridized carbons (Fsp3) is 0.174. The number of thiazole rings is 1. The SMILES string of the molecule is Cc1cc(C(=O)N(Cc2nccs2)Cc2ccccc2-c2ccccc2)nn1C. The molecular formula is C23H22N4OS. The molecule has 2 aromatic heterocycles. The van der Waals surface area contributed by atoms with Crippen LogP contribution in [-0.2, 0) is 20.1 Å². The molecule has 0 radical (unpaired) electrons. The van der Waals surface area contributed by atoms with Crippen molar-refractivity contribution in [1.82, 2.24) is 19.7 Å². The first-order chi connectivity index (χ1) is 14.1. The molecule has 146 valence electrons. The minimum absolute atomic E-state index is 0.0910. The normalized spacial score (nSPS) is 10.8. The van der Waals surface area contributed by atoms with Gasteiger partial charge in [-0.2, -0.15) is 5.10 Å². The van der Waals surface area contributed by atoms with Crippen molar-refractivity contribution in [3.8, 4) is 11.1 Å². The van der Waals surface area contributed by atoms with E-state index in [4.69, 9.17) is 0 Å². The molecule has 4 aromatic rings. The Morgan fingerprint density at radius 1 is 1.07 bits per heavy atom. The summed E-state index contributed by atoms with van der Waals surface area (Å²) in [6.07, 6.45) is 1.77. The molecule has 2 aromatic carbocycles. The van der Waals surface area contributed by atoms with Gasteiger partial charge in [0.2, 0.25) is 0 Å². The summed E-state index contributed by atoms with van der Waals surface area (Å²) < 4.78 is 1.73. The Morgan fingerprint density at radius 3 is 2.52 bits per heavy atom. The average molecular weight is 403 g/mol. The molecule has 4 rings (SSSR count). The predicted molar refractivity (Wildman–Crippen MR) is 116 cm³/mol. The summed E-state index contributed by atoms with van der Waals surface area (Å²) in [6, 6.07) is 20.3. The maximum Gasteiger partial charge on any atom is 0.275 e. The molecule has 0 aliphatic carbocycles. The summed E-state index contributed by atoms with van der Waals surface area (Å²) in [4.78, 5) is 19.5. The molecule has 6 heteroatoms. The Morgan fingerprint density at radius 2 is 1.83 bits per heavy atom. The van der Waals surface area contributed by atoms with Crippen LogP contribution in [0, 0.1) is 6.92 Å². The van der Waals surface area contributed by atoms with Crippen molar-refractivity contribution in [2.45, 2.75) is 20.0 Å². The molecule has 0 aliphatic heterocycles. The highest BCUT2D eigenvalue weighted by molar-refractivity contribution is 7.09. The highest BCUT2D eigenvalue weighted by Gasteiger charge is 2.22. The van der Waals surface area contributed by atoms with E-state index in [9.17, 15) is 4.79 Å². The van der Waals surface area contributed by atoms with Gasteiger partial charge < -0.3 is 4.90 Å². The molecule has 0 saturated carbocycles. The van der Waals surface area contributed by atoms with E-state index in [2.05, 4.69) is 34.3 Å². The average Bonchev–Trinajstić information content (AvgIpc) is 3.38. The second-order valence-electron chi connectivity index (χ2n) is 6.90. The minimum Gasteiger partial charge on any atom is -0.326 e. The summed E-state index contributed by atoms with van der Waals surface area (Å²) in [5.41, 5.74) is 4.77. The van der Waals surface area contributed by atoms with E-state index in [0.717, 1.165) is 27.4 Å². The molecule has 0 unspecified atom stereocenters. The van der Waals surface area contributed by atoms with Gasteiger partial charge in [0.1, 0.15) is 5.01 Å². The van der Waals surface area contributed by atoms with E-state index in [0.29, 0.717) is 18.8 Å². The number of aryl methyl sites for hydroxylation is 2. The third-order valence-corrected chi connectivity index (χ3v) is 5.66. The topological polar surface area (TPSA) is 51.0 Å². The van der Waals surface area contributed by atoms with Crippen LogP contribution >= 0.6 is 11.3 Å². The maximum atomic E-state index is 13.3. The summed E-state index contributed by atoms with van der Waals surface area (Å²) in [7, 11) is 1.85. The van der Waals surface area contributed by atoms with Crippen LogP contribution in [0.4, 0.5) is 0 Å². The Balaban J connectivity index is 1.68. The lowest BCUT2D eigenvalue weighted by Gasteiger charge is -2.22. The molecule has 29 heavy (non-hydrogen) atoms. The zero-order chi connectivity index (χ0) is 20.2. The number of hydrogen-bond donors (Lipinski definition) is 0. The molecule has 0 bridgehead atoms. The Kier molecular flexibility index (Phi) is 5.53. The molecule has 0 atom stereocenters. The van der Waals surface area contributed by atoms with Crippen LogP contribution in [0.1, 0.15) is 26.8 Å². The molecule has 0 fully saturated rings. The zero-order valence-corrected chi connectivity index (χ0v) is 17.3. The number of benzene rings is 2. The summed E-state index contributed by atoms with van der Waals surface area (Å²) >= 11 is 1.55. The molecule has 1 amide bonds. The smallest absolute Gasteiger partial charge is 0.275 e. The number of carbonyl (C=O) groups excluding carboxylic acids is 1. The third-order valence-electron chi connectivity index (χ3n) is 4.89. The summed E-state index contributed by atoms with van der Waals surface area (Å²) in [6.45, 7) is 2.88. The molecule has 0 saturated heterocycles. The number of aromatic nitrogens is 3. The lowest BCUT2D eigenvalue weighted by molar-refractivity contribution is 0.0723. The summed E-state index contributed by atoms with van der Waals surface area (Å²) in [5, 5.41) is 7.23. The van der Waals surface area contributed by atoms with E-state index >= 15 is 0 Å². The van der Waals surface area contributed by atoms with Crippen molar-refractivity contribution in [3.05, 3.63) is 94.2 Å². The van der Waals surface area contributed by atoms with Gasteiger partial charge in [-0.1, -0.05) is 54.6 Å². The predicted octanol–water partition coefficient (Wildman–Crippen LogP) is 4.69. The zero-order valence-electron chi connectivity index (χ0n) is 16.4. The van der Waals surface area contributed by atoms with E-state index in [1.165, 1.54) is 0 Å². The van der Waals surface area contributed by atoms with Crippen molar-refractivity contribution >= 4 is 17.2 Å². The van der Waals surface area contributed by atoms with E-state index in [-0.39, 0.29) is 5.91 Å². The minimum atomic E-state index is -0.0910. The van der Waals surface area contributed by atoms with Crippen LogP contribution in [0.15, 0.2) is 72.2 Å². The van der Waals surface area contributed by atoms with Crippen LogP contribution < -0.4 is 0 Å². The van der Waals surface area contributed by atoms with Crippen LogP contribution in [0.25, 0.3) is 11.1 Å². The Bertz CT molecular complexity index is 1080. The molecular weight excluding hydrogens is 380 g/mol. The van der Waals surface area contributed by atoms with Gasteiger partial charge in [0.05, 0.1) is 6.54 Å². The first-order valence-corrected chi connectivity index (χ1v) is 10.3. The van der Waals surface area contributed by atoms with Gasteiger partial charge in [0.25, 0.3) is 5.91 Å². The maximum absolute atomic E-state index is 13.3. The van der Waals surface area contributed by atoms with Crippen molar-refractivity contribution in [1.29, 1.82) is 0 Å². The molecule has 0 aliphatic rings. The standard InChI is InChI=1S/C23H22N4OS/c1-17-14-21(25-26(17)2)23(28)27(16-22-24-12-13-29-22)15-19-10-6-7-11-20(19)18-8-4-3-5-9-18/h3-14H,15-16H2,1-2H3. The first-order valence-electron chi connectivity index (χ1n) is 9.43. The van der Waals surface area contributed by atoms with Crippen LogP contribution in [-0.4, -0.2) is 25.6 Å². The largest absolute Gasteiger partial charge is 0.326 e. The number of carbonyl (C=O) groups is 1. The fourth-order valence-electron chi connectivity index (χ4n) is 3.28. The molecule has 5 nitrogen and oxygen atoms in total. The Hall–Kier alpha value is -3.25. The third kappa shape index (κ3) is 4.27. The quantitative estimate of drug-likeness (QED) is 0.470. The van der Waals surface area contributed by atoms with Gasteiger partial charge >= 0.3 is 0 Å². The number of rotatable bonds is 6. The van der Waals surface area contributed by atoms with Crippen LogP contribution in [0.2, 0.25) is 0 Å². The fourth-order valence-corrected chi connectivity index (χ4v) is 3.91. The van der Waals surface area contributed by atoms with E-state index < -0.39 is 0 Å². The first kappa shape index (κ1) is 19.1. The lowest BCUT2D eigenvalue weighted by atomic mass is 9.99. The number of nitrogens with zero attached hydrogens (tertiary/aromatic N) is 4. The highest BCUT2D eigenvalue weighted by Crippen LogP contribution is 2.26. The van der Waals surface area contributed by atoms with Crippen molar-refractivity contribution in [2.24, 2.45) is 7.05 Å². The molecule has 0 N–H and O–H groups in total. The number of hydrogen-bond acceptors (Lipinski definition) is 4. The van der Waals surface area contributed by atoms with Gasteiger partial charge in [-0.15, -0.1) is 11.3 Å². The molecule has 2 heterocycles. The van der Waals surface area contributed by atoms with Crippen molar-refractivity contribution < 1.29 is 4.79 Å². The second-order valence-corrected chi connectivity index (χ2v) is 7.88. The number of amides is 1. The second kappa shape index (κ2) is 8.41. The van der Waals surface area contributed by atoms with Crippen molar-refractivity contribution in [3.63, 3.8) is 0 Å². The highest BCUT2D eigenvalue weighted by atomic mass is 32.1. The van der Waals surface area contributed by atoms with E-state index in [1.807, 2.05) is 60.6 Å². The monoisotopic (exact) mass is 402 g/mol. The van der Waals surface area contributed by atoms with Gasteiger partial charge in [-0.25, -0.2) is 4.98 Å². The summed E-state index contributed by atoms with van der Waals surface area (Å²) in [5.74, 6) is -0.0910. The van der Waals surface area contributed by atoms with Crippen molar-refractivity contribution in [2.75, 3.05) is 0 Å². The molecule has 0 spiro atoms.